The highest BCUT2D eigenvalue weighted by molar-refractivity contribution is 7.80. The lowest BCUT2D eigenvalue weighted by atomic mass is 10.0. The molecule has 0 saturated heterocycles. The maximum atomic E-state index is 12.3. The van der Waals surface area contributed by atoms with Gasteiger partial charge in [-0.15, -0.1) is 0 Å². The smallest absolute Gasteiger partial charge is 0.327 e. The van der Waals surface area contributed by atoms with Crippen molar-refractivity contribution in [1.29, 1.82) is 0 Å². The van der Waals surface area contributed by atoms with Crippen molar-refractivity contribution in [1.82, 2.24) is 10.6 Å². The largest absolute Gasteiger partial charge is 0.480 e. The molecule has 3 unspecified atom stereocenters. The first kappa shape index (κ1) is 23.0. The van der Waals surface area contributed by atoms with Crippen molar-refractivity contribution in [2.24, 2.45) is 28.1 Å². The van der Waals surface area contributed by atoms with Crippen LogP contribution in [-0.4, -0.2) is 59.3 Å². The van der Waals surface area contributed by atoms with Crippen LogP contribution in [0.5, 0.6) is 0 Å². The summed E-state index contributed by atoms with van der Waals surface area (Å²) in [4.78, 5) is 39.3. The minimum atomic E-state index is -1.21. The van der Waals surface area contributed by atoms with Crippen molar-refractivity contribution in [2.75, 3.05) is 12.3 Å². The lowest BCUT2D eigenvalue weighted by molar-refractivity contribution is -0.141. The van der Waals surface area contributed by atoms with Gasteiger partial charge >= 0.3 is 5.97 Å². The molecule has 0 radical (unpaired) electrons. The number of carbonyl (C=O) groups is 3. The van der Waals surface area contributed by atoms with Gasteiger partial charge in [0.25, 0.3) is 0 Å². The fourth-order valence-corrected chi connectivity index (χ4v) is 2.05. The number of aliphatic carboxylic acids is 1. The Hall–Kier alpha value is -2.01. The summed E-state index contributed by atoms with van der Waals surface area (Å²) >= 11 is 3.89. The number of amides is 2. The number of aliphatic imine (C=N–C) groups is 1. The van der Waals surface area contributed by atoms with Gasteiger partial charge in [-0.25, -0.2) is 4.79 Å². The van der Waals surface area contributed by atoms with Gasteiger partial charge < -0.3 is 32.9 Å². The monoisotopic (exact) mass is 376 g/mol. The summed E-state index contributed by atoms with van der Waals surface area (Å²) in [5.41, 5.74) is 16.2. The molecule has 0 heterocycles. The van der Waals surface area contributed by atoms with E-state index in [0.29, 0.717) is 6.42 Å². The molecule has 2 amide bonds. The first-order chi connectivity index (χ1) is 11.6. The molecule has 3 atom stereocenters. The van der Waals surface area contributed by atoms with Crippen molar-refractivity contribution in [3.63, 3.8) is 0 Å². The highest BCUT2D eigenvalue weighted by Gasteiger charge is 2.27. The number of carbonyl (C=O) groups excluding carboxylic acids is 2. The van der Waals surface area contributed by atoms with E-state index in [1.54, 1.807) is 13.8 Å². The molecule has 0 saturated carbocycles. The molecule has 0 aliphatic heterocycles. The van der Waals surface area contributed by atoms with Crippen LogP contribution in [-0.2, 0) is 14.4 Å². The van der Waals surface area contributed by atoms with Crippen LogP contribution in [0, 0.1) is 5.92 Å². The number of nitrogens with zero attached hydrogens (tertiary/aromatic N) is 1. The predicted molar refractivity (Wildman–Crippen MR) is 98.1 cm³/mol. The van der Waals surface area contributed by atoms with Gasteiger partial charge in [0.05, 0.1) is 6.04 Å². The summed E-state index contributed by atoms with van der Waals surface area (Å²) in [5, 5.41) is 13.9. The lowest BCUT2D eigenvalue weighted by Crippen LogP contribution is -2.55. The molecule has 0 aliphatic rings. The number of hydrogen-bond donors (Lipinski definition) is 7. The summed E-state index contributed by atoms with van der Waals surface area (Å²) in [7, 11) is 0. The Bertz CT molecular complexity index is 496. The Kier molecular flexibility index (Phi) is 10.6. The third-order valence-electron chi connectivity index (χ3n) is 3.40. The number of carboxylic acids is 1. The maximum absolute atomic E-state index is 12.3. The van der Waals surface area contributed by atoms with Gasteiger partial charge in [-0.05, 0) is 18.8 Å². The number of nitrogens with one attached hydrogen (secondary N) is 2. The van der Waals surface area contributed by atoms with Crippen LogP contribution in [0.15, 0.2) is 4.99 Å². The molecule has 9 N–H and O–H groups in total. The highest BCUT2D eigenvalue weighted by Crippen LogP contribution is 2.04. The second-order valence-corrected chi connectivity index (χ2v) is 6.23. The molecule has 10 nitrogen and oxygen atoms in total. The number of carboxylic acid groups (broad SMARTS) is 1. The molecule has 0 bridgehead atoms. The zero-order valence-corrected chi connectivity index (χ0v) is 15.3. The fourth-order valence-electron chi connectivity index (χ4n) is 1.80. The second kappa shape index (κ2) is 11.5. The zero-order chi connectivity index (χ0) is 19.6. The summed E-state index contributed by atoms with van der Waals surface area (Å²) in [6.07, 6.45) is 0.629. The maximum Gasteiger partial charge on any atom is 0.327 e. The standard InChI is InChI=1S/C14H28N6O4S/c1-7(2)10(15)12(22)19-8(4-3-5-18-14(16)17)11(21)20-9(6-25)13(23)24/h7-10,25H,3-6,15H2,1-2H3,(H,19,22)(H,20,21)(H,23,24)(H4,16,17,18). The van der Waals surface area contributed by atoms with Crippen LogP contribution in [0.25, 0.3) is 0 Å². The third-order valence-corrected chi connectivity index (χ3v) is 3.76. The van der Waals surface area contributed by atoms with Crippen molar-refractivity contribution in [3.8, 4) is 0 Å². The number of rotatable bonds is 11. The number of nitrogens with two attached hydrogens (primary N) is 3. The van der Waals surface area contributed by atoms with Crippen molar-refractivity contribution >= 4 is 36.4 Å². The van der Waals surface area contributed by atoms with E-state index < -0.39 is 35.9 Å². The topological polar surface area (TPSA) is 186 Å². The van der Waals surface area contributed by atoms with Crippen molar-refractivity contribution in [2.45, 2.75) is 44.8 Å². The van der Waals surface area contributed by atoms with E-state index >= 15 is 0 Å². The molecule has 0 fully saturated rings. The minimum absolute atomic E-state index is 0.0760. The number of hydrogen-bond acceptors (Lipinski definition) is 6. The predicted octanol–water partition coefficient (Wildman–Crippen LogP) is -1.99. The molecule has 11 heteroatoms. The van der Waals surface area contributed by atoms with Gasteiger partial charge in [0.2, 0.25) is 11.8 Å². The van der Waals surface area contributed by atoms with Gasteiger partial charge in [-0.1, -0.05) is 13.8 Å². The molecule has 0 aromatic rings. The van der Waals surface area contributed by atoms with E-state index in [9.17, 15) is 14.4 Å². The molecule has 0 aromatic carbocycles. The Morgan fingerprint density at radius 3 is 2.12 bits per heavy atom. The van der Waals surface area contributed by atoms with E-state index in [1.807, 2.05) is 0 Å². The van der Waals surface area contributed by atoms with Crippen molar-refractivity contribution < 1.29 is 19.5 Å². The molecule has 0 aliphatic carbocycles. The summed E-state index contributed by atoms with van der Waals surface area (Å²) in [6, 6.07) is -2.90. The van der Waals surface area contributed by atoms with Gasteiger partial charge in [0, 0.05) is 12.3 Å². The molecule has 0 aromatic heterocycles. The molecule has 0 rings (SSSR count). The summed E-state index contributed by atoms with van der Waals surface area (Å²) in [6.45, 7) is 3.83. The molecule has 0 spiro atoms. The van der Waals surface area contributed by atoms with Gasteiger partial charge in [0.15, 0.2) is 5.96 Å². The van der Waals surface area contributed by atoms with Crippen molar-refractivity contribution in [3.05, 3.63) is 0 Å². The zero-order valence-electron chi connectivity index (χ0n) is 14.4. The molecule has 25 heavy (non-hydrogen) atoms. The first-order valence-corrected chi connectivity index (χ1v) is 8.48. The fraction of sp³-hybridized carbons (Fsp3) is 0.714. The Morgan fingerprint density at radius 1 is 1.12 bits per heavy atom. The van der Waals surface area contributed by atoms with Gasteiger partial charge in [-0.2, -0.15) is 12.6 Å². The average Bonchev–Trinajstić information content (AvgIpc) is 2.53. The molecule has 144 valence electrons. The first-order valence-electron chi connectivity index (χ1n) is 7.85. The normalized spacial score (nSPS) is 14.3. The van der Waals surface area contributed by atoms with Crippen LogP contribution in [0.2, 0.25) is 0 Å². The Balaban J connectivity index is 4.97. The summed E-state index contributed by atoms with van der Waals surface area (Å²) in [5.74, 6) is -2.61. The van der Waals surface area contributed by atoms with E-state index in [4.69, 9.17) is 22.3 Å². The SMILES string of the molecule is CC(C)C(N)C(=O)NC(CCCN=C(N)N)C(=O)NC(CS)C(=O)O. The Morgan fingerprint density at radius 2 is 1.68 bits per heavy atom. The van der Waals surface area contributed by atoms with E-state index in [0.717, 1.165) is 0 Å². The second-order valence-electron chi connectivity index (χ2n) is 5.86. The minimum Gasteiger partial charge on any atom is -0.480 e. The van der Waals surface area contributed by atoms with Crippen LogP contribution in [0.3, 0.4) is 0 Å². The van der Waals surface area contributed by atoms with E-state index in [-0.39, 0.29) is 30.6 Å². The summed E-state index contributed by atoms with van der Waals surface area (Å²) < 4.78 is 0. The van der Waals surface area contributed by atoms with Crippen LogP contribution >= 0.6 is 12.6 Å². The van der Waals surface area contributed by atoms with Crippen LogP contribution in [0.4, 0.5) is 0 Å². The molecular formula is C14H28N6O4S. The number of guanidine groups is 1. The number of thiol groups is 1. The van der Waals surface area contributed by atoms with Gasteiger partial charge in [0.1, 0.15) is 12.1 Å². The van der Waals surface area contributed by atoms with Crippen LogP contribution in [0.1, 0.15) is 26.7 Å². The third kappa shape index (κ3) is 9.15. The van der Waals surface area contributed by atoms with E-state index in [1.165, 1.54) is 0 Å². The lowest BCUT2D eigenvalue weighted by Gasteiger charge is -2.23. The highest BCUT2D eigenvalue weighted by atomic mass is 32.1. The van der Waals surface area contributed by atoms with Gasteiger partial charge in [-0.3, -0.25) is 14.6 Å². The van der Waals surface area contributed by atoms with Crippen LogP contribution < -0.4 is 27.8 Å². The Labute approximate surface area is 152 Å². The molecular weight excluding hydrogens is 348 g/mol. The quantitative estimate of drug-likeness (QED) is 0.0940. The average molecular weight is 376 g/mol. The van der Waals surface area contributed by atoms with E-state index in [2.05, 4.69) is 28.3 Å².